The molecule has 2 aliphatic rings. The fourth-order valence-electron chi connectivity index (χ4n) is 3.26. The summed E-state index contributed by atoms with van der Waals surface area (Å²) in [6.45, 7) is 11.8. The van der Waals surface area contributed by atoms with Crippen molar-refractivity contribution in [2.45, 2.75) is 32.4 Å². The molecule has 2 saturated heterocycles. The summed E-state index contributed by atoms with van der Waals surface area (Å²) in [7, 11) is 0. The maximum absolute atomic E-state index is 3.37. The highest BCUT2D eigenvalue weighted by Crippen LogP contribution is 2.23. The molecule has 2 fully saturated rings. The SMILES string of the molecule is CCc1ccc(C(C)N2CCN(C3CNC3)CC2)cc1. The maximum Gasteiger partial charge on any atom is 0.0346 e. The monoisotopic (exact) mass is 273 g/mol. The van der Waals surface area contributed by atoms with Crippen molar-refractivity contribution in [2.24, 2.45) is 0 Å². The van der Waals surface area contributed by atoms with Gasteiger partial charge in [0, 0.05) is 51.4 Å². The van der Waals surface area contributed by atoms with E-state index >= 15 is 0 Å². The lowest BCUT2D eigenvalue weighted by molar-refractivity contribution is 0.0552. The molecule has 0 spiro atoms. The summed E-state index contributed by atoms with van der Waals surface area (Å²) in [5.74, 6) is 0. The van der Waals surface area contributed by atoms with E-state index in [9.17, 15) is 0 Å². The lowest BCUT2D eigenvalue weighted by atomic mass is 10.0. The Morgan fingerprint density at radius 2 is 1.75 bits per heavy atom. The van der Waals surface area contributed by atoms with Gasteiger partial charge in [-0.15, -0.1) is 0 Å². The molecule has 0 aliphatic carbocycles. The summed E-state index contributed by atoms with van der Waals surface area (Å²) in [6.07, 6.45) is 1.13. The van der Waals surface area contributed by atoms with Gasteiger partial charge < -0.3 is 5.32 Å². The van der Waals surface area contributed by atoms with Gasteiger partial charge in [0.05, 0.1) is 0 Å². The molecule has 0 saturated carbocycles. The summed E-state index contributed by atoms with van der Waals surface area (Å²) < 4.78 is 0. The lowest BCUT2D eigenvalue weighted by Gasteiger charge is -2.44. The summed E-state index contributed by atoms with van der Waals surface area (Å²) in [6, 6.07) is 10.5. The quantitative estimate of drug-likeness (QED) is 0.904. The zero-order valence-electron chi connectivity index (χ0n) is 12.8. The number of nitrogens with one attached hydrogen (secondary N) is 1. The van der Waals surface area contributed by atoms with Crippen LogP contribution in [-0.4, -0.2) is 55.1 Å². The van der Waals surface area contributed by atoms with Crippen LogP contribution < -0.4 is 5.32 Å². The molecule has 1 unspecified atom stereocenters. The second-order valence-electron chi connectivity index (χ2n) is 6.16. The third-order valence-corrected chi connectivity index (χ3v) is 5.04. The summed E-state index contributed by atoms with van der Waals surface area (Å²) in [5.41, 5.74) is 2.89. The van der Waals surface area contributed by atoms with Crippen LogP contribution in [-0.2, 0) is 6.42 Å². The van der Waals surface area contributed by atoms with E-state index in [-0.39, 0.29) is 0 Å². The minimum Gasteiger partial charge on any atom is -0.314 e. The predicted octanol–water partition coefficient (Wildman–Crippen LogP) is 1.90. The van der Waals surface area contributed by atoms with E-state index in [1.807, 2.05) is 0 Å². The van der Waals surface area contributed by atoms with E-state index in [0.717, 1.165) is 12.5 Å². The third-order valence-electron chi connectivity index (χ3n) is 5.04. The van der Waals surface area contributed by atoms with Crippen LogP contribution in [0.4, 0.5) is 0 Å². The van der Waals surface area contributed by atoms with Gasteiger partial charge in [-0.3, -0.25) is 9.80 Å². The molecule has 0 radical (unpaired) electrons. The molecule has 2 heterocycles. The molecule has 0 amide bonds. The molecule has 0 bridgehead atoms. The van der Waals surface area contributed by atoms with E-state index in [4.69, 9.17) is 0 Å². The Morgan fingerprint density at radius 1 is 1.10 bits per heavy atom. The largest absolute Gasteiger partial charge is 0.314 e. The number of rotatable bonds is 4. The van der Waals surface area contributed by atoms with Crippen LogP contribution in [0.3, 0.4) is 0 Å². The summed E-state index contributed by atoms with van der Waals surface area (Å²) in [5, 5.41) is 3.37. The molecule has 3 nitrogen and oxygen atoms in total. The van der Waals surface area contributed by atoms with Crippen molar-refractivity contribution in [2.75, 3.05) is 39.3 Å². The lowest BCUT2D eigenvalue weighted by Crippen LogP contribution is -2.61. The Hall–Kier alpha value is -0.900. The van der Waals surface area contributed by atoms with Crippen molar-refractivity contribution in [3.63, 3.8) is 0 Å². The summed E-state index contributed by atoms with van der Waals surface area (Å²) >= 11 is 0. The zero-order chi connectivity index (χ0) is 13.9. The zero-order valence-corrected chi connectivity index (χ0v) is 12.8. The summed E-state index contributed by atoms with van der Waals surface area (Å²) in [4.78, 5) is 5.28. The smallest absolute Gasteiger partial charge is 0.0346 e. The van der Waals surface area contributed by atoms with E-state index in [0.29, 0.717) is 6.04 Å². The van der Waals surface area contributed by atoms with E-state index in [1.165, 1.54) is 50.4 Å². The Labute approximate surface area is 123 Å². The molecule has 3 heteroatoms. The first-order chi connectivity index (χ1) is 9.78. The first-order valence-corrected chi connectivity index (χ1v) is 8.05. The normalized spacial score (nSPS) is 23.5. The fourth-order valence-corrected chi connectivity index (χ4v) is 3.26. The van der Waals surface area contributed by atoms with Crippen molar-refractivity contribution in [1.82, 2.24) is 15.1 Å². The van der Waals surface area contributed by atoms with Crippen LogP contribution >= 0.6 is 0 Å². The van der Waals surface area contributed by atoms with Crippen molar-refractivity contribution in [1.29, 1.82) is 0 Å². The molecular formula is C17H27N3. The minimum atomic E-state index is 0.544. The van der Waals surface area contributed by atoms with Gasteiger partial charge in [0.2, 0.25) is 0 Å². The number of nitrogens with zero attached hydrogens (tertiary/aromatic N) is 2. The van der Waals surface area contributed by atoms with E-state index in [2.05, 4.69) is 53.2 Å². The van der Waals surface area contributed by atoms with Gasteiger partial charge in [-0.2, -0.15) is 0 Å². The molecule has 1 aromatic carbocycles. The van der Waals surface area contributed by atoms with Crippen LogP contribution in [0.25, 0.3) is 0 Å². The number of aryl methyl sites for hydroxylation is 1. The van der Waals surface area contributed by atoms with Crippen LogP contribution in [0.15, 0.2) is 24.3 Å². The molecule has 1 atom stereocenters. The average molecular weight is 273 g/mol. The highest BCUT2D eigenvalue weighted by atomic mass is 15.3. The molecule has 20 heavy (non-hydrogen) atoms. The van der Waals surface area contributed by atoms with Crippen LogP contribution in [0.1, 0.15) is 31.0 Å². The highest BCUT2D eigenvalue weighted by molar-refractivity contribution is 5.24. The van der Waals surface area contributed by atoms with Gasteiger partial charge >= 0.3 is 0 Å². The van der Waals surface area contributed by atoms with Crippen LogP contribution in [0.5, 0.6) is 0 Å². The van der Waals surface area contributed by atoms with Gasteiger partial charge in [-0.05, 0) is 24.5 Å². The predicted molar refractivity (Wildman–Crippen MR) is 84.0 cm³/mol. The first-order valence-electron chi connectivity index (χ1n) is 8.05. The number of piperazine rings is 1. The standard InChI is InChI=1S/C17H27N3/c1-3-15-4-6-16(7-5-15)14(2)19-8-10-20(11-9-19)17-12-18-13-17/h4-7,14,17-18H,3,8-13H2,1-2H3. The highest BCUT2D eigenvalue weighted by Gasteiger charge is 2.29. The van der Waals surface area contributed by atoms with Gasteiger partial charge in [0.15, 0.2) is 0 Å². The second kappa shape index (κ2) is 6.25. The van der Waals surface area contributed by atoms with E-state index < -0.39 is 0 Å². The van der Waals surface area contributed by atoms with Gasteiger partial charge in [0.1, 0.15) is 0 Å². The maximum atomic E-state index is 3.37. The first kappa shape index (κ1) is 14.1. The van der Waals surface area contributed by atoms with Crippen molar-refractivity contribution >= 4 is 0 Å². The number of benzene rings is 1. The Kier molecular flexibility index (Phi) is 4.39. The molecule has 2 aliphatic heterocycles. The van der Waals surface area contributed by atoms with Crippen LogP contribution in [0.2, 0.25) is 0 Å². The fraction of sp³-hybridized carbons (Fsp3) is 0.647. The Bertz CT molecular complexity index is 416. The number of hydrogen-bond acceptors (Lipinski definition) is 3. The van der Waals surface area contributed by atoms with E-state index in [1.54, 1.807) is 0 Å². The van der Waals surface area contributed by atoms with Gasteiger partial charge in [-0.1, -0.05) is 31.2 Å². The van der Waals surface area contributed by atoms with Crippen molar-refractivity contribution in [3.8, 4) is 0 Å². The average Bonchev–Trinajstić information content (AvgIpc) is 2.46. The Balaban J connectivity index is 1.56. The van der Waals surface area contributed by atoms with Gasteiger partial charge in [-0.25, -0.2) is 0 Å². The van der Waals surface area contributed by atoms with Crippen molar-refractivity contribution in [3.05, 3.63) is 35.4 Å². The Morgan fingerprint density at radius 3 is 2.25 bits per heavy atom. The topological polar surface area (TPSA) is 18.5 Å². The van der Waals surface area contributed by atoms with Crippen LogP contribution in [0, 0.1) is 0 Å². The molecule has 3 rings (SSSR count). The van der Waals surface area contributed by atoms with Crippen molar-refractivity contribution < 1.29 is 0 Å². The molecule has 0 aromatic heterocycles. The molecule has 110 valence electrons. The number of hydrogen-bond donors (Lipinski definition) is 1. The molecule has 1 aromatic rings. The van der Waals surface area contributed by atoms with Gasteiger partial charge in [0.25, 0.3) is 0 Å². The molecule has 1 N–H and O–H groups in total. The third kappa shape index (κ3) is 2.90. The minimum absolute atomic E-state index is 0.544. The molecular weight excluding hydrogens is 246 g/mol. The second-order valence-corrected chi connectivity index (χ2v) is 6.16.